The molecular weight excluding hydrogens is 567 g/mol. The highest BCUT2D eigenvalue weighted by Crippen LogP contribution is 2.49. The number of anilines is 2. The number of hydrogen-bond donors (Lipinski definition) is 0. The number of rotatable bonds is 6. The number of pyridine rings is 1. The van der Waals surface area contributed by atoms with Crippen molar-refractivity contribution in [3.63, 3.8) is 0 Å². The smallest absolute Gasteiger partial charge is 0.285 e. The largest absolute Gasteiger partial charge is 0.367 e. The first-order valence-electron chi connectivity index (χ1n) is 12.4. The van der Waals surface area contributed by atoms with Gasteiger partial charge in [-0.15, -0.1) is 5.10 Å². The molecule has 2 aliphatic rings. The Labute approximate surface area is 230 Å². The van der Waals surface area contributed by atoms with Gasteiger partial charge in [-0.3, -0.25) is 8.96 Å². The van der Waals surface area contributed by atoms with Gasteiger partial charge >= 0.3 is 0 Å². The topological polar surface area (TPSA) is 110 Å². The number of fused-ring (bicyclic) bond motifs is 1. The lowest BCUT2D eigenvalue weighted by molar-refractivity contribution is 0.504. The fourth-order valence-corrected chi connectivity index (χ4v) is 7.76. The molecule has 2 fully saturated rings. The quantitative estimate of drug-likeness (QED) is 0.333. The number of hydrogen-bond acceptors (Lipinski definition) is 8. The second-order valence-corrected chi connectivity index (χ2v) is 14.8. The van der Waals surface area contributed by atoms with Crippen LogP contribution in [-0.4, -0.2) is 65.4 Å². The summed E-state index contributed by atoms with van der Waals surface area (Å²) in [4.78, 5) is 8.15. The predicted octanol–water partition coefficient (Wildman–Crippen LogP) is 3.71. The summed E-state index contributed by atoms with van der Waals surface area (Å²) in [7, 11) is -8.18. The van der Waals surface area contributed by atoms with Crippen molar-refractivity contribution in [1.29, 1.82) is 0 Å². The first kappa shape index (κ1) is 26.1. The summed E-state index contributed by atoms with van der Waals surface area (Å²) < 4.78 is 68.9. The lowest BCUT2D eigenvalue weighted by Crippen LogP contribution is -2.55. The number of aromatic nitrogens is 4. The lowest BCUT2D eigenvalue weighted by atomic mass is 10.1. The van der Waals surface area contributed by atoms with Crippen molar-refractivity contribution in [3.8, 4) is 0 Å². The summed E-state index contributed by atoms with van der Waals surface area (Å²) in [6.45, 7) is 4.91. The van der Waals surface area contributed by atoms with E-state index >= 15 is 0 Å². The Kier molecular flexibility index (Phi) is 5.97. The van der Waals surface area contributed by atoms with E-state index in [0.717, 1.165) is 44.9 Å². The molecular formula is C25H26ClFN6O4S2. The lowest BCUT2D eigenvalue weighted by Gasteiger charge is -2.43. The van der Waals surface area contributed by atoms with Gasteiger partial charge in [0.15, 0.2) is 5.82 Å². The molecule has 1 spiro atoms. The monoisotopic (exact) mass is 592 g/mol. The van der Waals surface area contributed by atoms with Crippen LogP contribution in [0.3, 0.4) is 0 Å². The van der Waals surface area contributed by atoms with Gasteiger partial charge in [-0.1, -0.05) is 11.6 Å². The molecule has 1 aliphatic carbocycles. The van der Waals surface area contributed by atoms with Gasteiger partial charge in [0.25, 0.3) is 10.0 Å². The van der Waals surface area contributed by atoms with E-state index < -0.39 is 31.1 Å². The molecule has 10 nitrogen and oxygen atoms in total. The molecule has 1 saturated heterocycles. The van der Waals surface area contributed by atoms with Crippen molar-refractivity contribution in [2.75, 3.05) is 29.4 Å². The third kappa shape index (κ3) is 4.18. The van der Waals surface area contributed by atoms with Crippen LogP contribution in [0, 0.1) is 5.82 Å². The van der Waals surface area contributed by atoms with Crippen LogP contribution in [0.25, 0.3) is 10.9 Å². The zero-order chi connectivity index (χ0) is 27.7. The molecule has 0 N–H and O–H groups in total. The maximum Gasteiger partial charge on any atom is 0.285 e. The van der Waals surface area contributed by atoms with E-state index in [9.17, 15) is 21.2 Å². The van der Waals surface area contributed by atoms with Gasteiger partial charge < -0.3 is 9.80 Å². The maximum atomic E-state index is 14.5. The number of nitrogens with zero attached hydrogens (tertiary/aromatic N) is 6. The molecule has 1 aromatic carbocycles. The van der Waals surface area contributed by atoms with Gasteiger partial charge in [-0.05, 0) is 51.0 Å². The SMILES string of the molecule is CC(C)S(=O)(=O)n1ccc(S(=O)(=O)n2nc(N3CCN(c4ccncc4)CC34CC4)c3c(Cl)cc(F)cc32)c1. The summed E-state index contributed by atoms with van der Waals surface area (Å²) in [6.07, 6.45) is 7.47. The summed E-state index contributed by atoms with van der Waals surface area (Å²) >= 11 is 6.52. The van der Waals surface area contributed by atoms with Crippen LogP contribution in [0.5, 0.6) is 0 Å². The fourth-order valence-electron chi connectivity index (χ4n) is 5.16. The first-order valence-corrected chi connectivity index (χ1v) is 15.7. The van der Waals surface area contributed by atoms with Crippen LogP contribution >= 0.6 is 11.6 Å². The van der Waals surface area contributed by atoms with Crippen molar-refractivity contribution in [2.45, 2.75) is 42.4 Å². The van der Waals surface area contributed by atoms with Crippen LogP contribution in [0.4, 0.5) is 15.9 Å². The Hall–Kier alpha value is -3.16. The molecule has 0 unspecified atom stereocenters. The highest BCUT2D eigenvalue weighted by Gasteiger charge is 2.53. The number of halogens is 2. The Balaban J connectivity index is 1.45. The average Bonchev–Trinajstić information content (AvgIpc) is 3.29. The average molecular weight is 593 g/mol. The molecule has 0 atom stereocenters. The molecule has 1 saturated carbocycles. The fraction of sp³-hybridized carbons (Fsp3) is 0.360. The van der Waals surface area contributed by atoms with E-state index in [1.165, 1.54) is 26.1 Å². The molecule has 4 aromatic rings. The van der Waals surface area contributed by atoms with Gasteiger partial charge in [0.1, 0.15) is 10.7 Å². The van der Waals surface area contributed by atoms with E-state index in [1.807, 2.05) is 12.1 Å². The third-order valence-corrected chi connectivity index (χ3v) is 11.3. The molecule has 4 heterocycles. The van der Waals surface area contributed by atoms with Crippen LogP contribution in [0.15, 0.2) is 60.0 Å². The van der Waals surface area contributed by atoms with Crippen molar-refractivity contribution in [3.05, 3.63) is 66.0 Å². The van der Waals surface area contributed by atoms with Crippen LogP contribution in [0.1, 0.15) is 26.7 Å². The van der Waals surface area contributed by atoms with Crippen LogP contribution in [0.2, 0.25) is 5.02 Å². The van der Waals surface area contributed by atoms with Gasteiger partial charge in [-0.25, -0.2) is 12.8 Å². The van der Waals surface area contributed by atoms with Crippen LogP contribution < -0.4 is 9.80 Å². The van der Waals surface area contributed by atoms with E-state index in [0.29, 0.717) is 30.8 Å². The highest BCUT2D eigenvalue weighted by molar-refractivity contribution is 7.91. The Bertz CT molecular complexity index is 1800. The first-order chi connectivity index (χ1) is 18.4. The molecule has 0 amide bonds. The standard InChI is InChI=1S/C25H26ClFN6O4S2/c1-17(2)38(34,35)31-10-5-20(15-31)39(36,37)33-22-14-18(27)13-21(26)23(22)24(29-33)32-12-11-30(16-25(32)6-7-25)19-3-8-28-9-4-19/h3-5,8-10,13-15,17H,6-7,11-12,16H2,1-2H3. The molecule has 0 bridgehead atoms. The molecule has 3 aromatic heterocycles. The van der Waals surface area contributed by atoms with Crippen LogP contribution in [-0.2, 0) is 20.0 Å². The summed E-state index contributed by atoms with van der Waals surface area (Å²) in [5, 5.41) is 4.14. The molecule has 6 rings (SSSR count). The van der Waals surface area contributed by atoms with E-state index in [4.69, 9.17) is 11.6 Å². The normalized spacial score (nSPS) is 17.5. The summed E-state index contributed by atoms with van der Waals surface area (Å²) in [6, 6.07) is 7.33. The Morgan fingerprint density at radius 1 is 1.05 bits per heavy atom. The van der Waals surface area contributed by atoms with Gasteiger partial charge in [0, 0.05) is 56.2 Å². The molecule has 206 valence electrons. The minimum absolute atomic E-state index is 0.0122. The van der Waals surface area contributed by atoms with Gasteiger partial charge in [-0.2, -0.15) is 12.5 Å². The van der Waals surface area contributed by atoms with E-state index in [-0.39, 0.29) is 21.0 Å². The van der Waals surface area contributed by atoms with Crippen molar-refractivity contribution < 1.29 is 21.2 Å². The zero-order valence-corrected chi connectivity index (χ0v) is 23.6. The van der Waals surface area contributed by atoms with E-state index in [1.54, 1.807) is 12.4 Å². The number of piperazine rings is 1. The summed E-state index contributed by atoms with van der Waals surface area (Å²) in [5.41, 5.74) is 0.765. The van der Waals surface area contributed by atoms with Gasteiger partial charge in [0.2, 0.25) is 10.0 Å². The van der Waals surface area contributed by atoms with Gasteiger partial charge in [0.05, 0.1) is 26.7 Å². The molecule has 0 radical (unpaired) electrons. The second kappa shape index (κ2) is 8.93. The van der Waals surface area contributed by atoms with Crippen molar-refractivity contribution in [2.24, 2.45) is 0 Å². The second-order valence-electron chi connectivity index (χ2n) is 10.2. The Morgan fingerprint density at radius 3 is 2.44 bits per heavy atom. The van der Waals surface area contributed by atoms with Crippen molar-refractivity contribution >= 4 is 54.1 Å². The minimum Gasteiger partial charge on any atom is -0.367 e. The predicted molar refractivity (Wildman–Crippen MR) is 147 cm³/mol. The van der Waals surface area contributed by atoms with E-state index in [2.05, 4.69) is 19.9 Å². The third-order valence-electron chi connectivity index (χ3n) is 7.47. The zero-order valence-electron chi connectivity index (χ0n) is 21.2. The highest BCUT2D eigenvalue weighted by atomic mass is 35.5. The number of benzene rings is 1. The summed E-state index contributed by atoms with van der Waals surface area (Å²) in [5.74, 6) is -0.348. The molecule has 14 heteroatoms. The molecule has 1 aliphatic heterocycles. The minimum atomic E-state index is -4.40. The Morgan fingerprint density at radius 2 is 1.77 bits per heavy atom. The maximum absolute atomic E-state index is 14.5. The van der Waals surface area contributed by atoms with Crippen molar-refractivity contribution in [1.82, 2.24) is 18.1 Å². The molecule has 39 heavy (non-hydrogen) atoms.